The molecule has 3 N–H and O–H groups in total. The minimum absolute atomic E-state index is 0.215. The molecule has 0 spiro atoms. The van der Waals surface area contributed by atoms with E-state index >= 15 is 0 Å². The van der Waals surface area contributed by atoms with Gasteiger partial charge >= 0.3 is 0 Å². The molecule has 0 fully saturated rings. The number of carbonyl (C=O) groups is 1. The first-order chi connectivity index (χ1) is 12.0. The van der Waals surface area contributed by atoms with Crippen LogP contribution in [-0.4, -0.2) is 45.5 Å². The van der Waals surface area contributed by atoms with Gasteiger partial charge in [-0.05, 0) is 19.9 Å². The van der Waals surface area contributed by atoms with Gasteiger partial charge in [-0.3, -0.25) is 9.78 Å². The van der Waals surface area contributed by atoms with Crippen LogP contribution < -0.4 is 16.6 Å². The van der Waals surface area contributed by atoms with Crippen molar-refractivity contribution in [3.63, 3.8) is 0 Å². The molecule has 6 nitrogen and oxygen atoms in total. The van der Waals surface area contributed by atoms with Gasteiger partial charge in [-0.15, -0.1) is 0 Å². The summed E-state index contributed by atoms with van der Waals surface area (Å²) < 4.78 is 0.754. The van der Waals surface area contributed by atoms with Crippen molar-refractivity contribution in [1.29, 1.82) is 0 Å². The van der Waals surface area contributed by atoms with E-state index in [0.717, 1.165) is 22.3 Å². The first-order valence-electron chi connectivity index (χ1n) is 7.97. The van der Waals surface area contributed by atoms with Crippen molar-refractivity contribution in [2.24, 2.45) is 0 Å². The molecule has 0 radical (unpaired) electrons. The maximum absolute atomic E-state index is 12.6. The molecule has 10 heteroatoms. The summed E-state index contributed by atoms with van der Waals surface area (Å²) in [7, 11) is 0.653. The summed E-state index contributed by atoms with van der Waals surface area (Å²) in [6.45, 7) is 7.74. The lowest BCUT2D eigenvalue weighted by atomic mass is 9.77. The summed E-state index contributed by atoms with van der Waals surface area (Å²) in [5, 5.41) is 3.33. The molecule has 0 saturated carbocycles. The number of nitrogens with one attached hydrogen (secondary N) is 1. The summed E-state index contributed by atoms with van der Waals surface area (Å²) in [6, 6.07) is 1.76. The lowest BCUT2D eigenvalue weighted by Crippen LogP contribution is -2.27. The molecule has 25 heavy (non-hydrogen) atoms. The van der Waals surface area contributed by atoms with Crippen LogP contribution in [0.2, 0.25) is 6.82 Å². The average Bonchev–Trinajstić information content (AvgIpc) is 2.99. The number of hydrogen-bond acceptors (Lipinski definition) is 7. The van der Waals surface area contributed by atoms with E-state index in [4.69, 9.17) is 18.0 Å². The van der Waals surface area contributed by atoms with Crippen LogP contribution in [0.25, 0.3) is 0 Å². The van der Waals surface area contributed by atoms with E-state index in [-0.39, 0.29) is 5.91 Å². The van der Waals surface area contributed by atoms with Crippen molar-refractivity contribution in [2.45, 2.75) is 25.6 Å². The monoisotopic (exact) mass is 393 g/mol. The molecule has 2 heterocycles. The van der Waals surface area contributed by atoms with Crippen LogP contribution in [0.3, 0.4) is 0 Å². The number of carbonyl (C=O) groups excluding carboxylic acids is 1. The van der Waals surface area contributed by atoms with Crippen molar-refractivity contribution in [1.82, 2.24) is 14.9 Å². The van der Waals surface area contributed by atoms with Gasteiger partial charge in [0.15, 0.2) is 12.4 Å². The number of nitrogens with two attached hydrogens (primary N) is 1. The Bertz CT molecular complexity index is 763. The molecule has 0 aromatic carbocycles. The minimum atomic E-state index is -0.215. The van der Waals surface area contributed by atoms with Crippen LogP contribution >= 0.6 is 35.3 Å². The standard InChI is InChI=1S/C15H20BN5OS3/c1-4-21(5-2)15(23)24-10-8-18-7-6-9(10)19-13(22)11-12(16-3)20-14(17)25-11/h6-8,16H,4-5H2,1-3H3,(H2,17,20)(H,18,19,22). The van der Waals surface area contributed by atoms with Crippen LogP contribution in [0.15, 0.2) is 23.4 Å². The van der Waals surface area contributed by atoms with Gasteiger partial charge in [0, 0.05) is 31.1 Å². The highest BCUT2D eigenvalue weighted by Gasteiger charge is 2.18. The molecule has 0 saturated heterocycles. The average molecular weight is 393 g/mol. The number of thioether (sulfide) groups is 1. The molecule has 0 bridgehead atoms. The quantitative estimate of drug-likeness (QED) is 0.442. The van der Waals surface area contributed by atoms with Gasteiger partial charge in [0.25, 0.3) is 5.91 Å². The number of aromatic nitrogens is 2. The number of hydrogen-bond donors (Lipinski definition) is 2. The minimum Gasteiger partial charge on any atom is -0.375 e. The number of nitrogens with zero attached hydrogens (tertiary/aromatic N) is 3. The van der Waals surface area contributed by atoms with Crippen molar-refractivity contribution >= 4 is 69.2 Å². The molecule has 2 aromatic heterocycles. The molecule has 0 unspecified atom stereocenters. The number of thiazole rings is 1. The van der Waals surface area contributed by atoms with Crippen molar-refractivity contribution in [3.8, 4) is 0 Å². The Hall–Kier alpha value is -1.65. The first-order valence-corrected chi connectivity index (χ1v) is 10.0. The first kappa shape index (κ1) is 19.7. The van der Waals surface area contributed by atoms with Crippen molar-refractivity contribution < 1.29 is 4.79 Å². The number of rotatable bonds is 6. The van der Waals surface area contributed by atoms with Gasteiger partial charge < -0.3 is 16.0 Å². The highest BCUT2D eigenvalue weighted by molar-refractivity contribution is 8.23. The topological polar surface area (TPSA) is 84.1 Å². The molecule has 0 aliphatic carbocycles. The molecule has 0 aliphatic heterocycles. The fourth-order valence-electron chi connectivity index (χ4n) is 2.17. The maximum Gasteiger partial charge on any atom is 0.266 e. The second-order valence-corrected chi connectivity index (χ2v) is 7.75. The SMILES string of the molecule is CBc1nc(N)sc1C(=O)Nc1ccncc1SC(=S)N(CC)CC. The summed E-state index contributed by atoms with van der Waals surface area (Å²) in [4.78, 5) is 24.4. The van der Waals surface area contributed by atoms with Crippen molar-refractivity contribution in [3.05, 3.63) is 23.3 Å². The molecular weight excluding hydrogens is 373 g/mol. The second kappa shape index (κ2) is 9.16. The van der Waals surface area contributed by atoms with Gasteiger partial charge in [-0.1, -0.05) is 42.1 Å². The number of pyridine rings is 1. The molecule has 0 aliphatic rings. The Labute approximate surface area is 161 Å². The van der Waals surface area contributed by atoms with E-state index in [1.807, 2.05) is 6.82 Å². The number of anilines is 2. The van der Waals surface area contributed by atoms with E-state index in [9.17, 15) is 4.79 Å². The smallest absolute Gasteiger partial charge is 0.266 e. The third-order valence-corrected chi connectivity index (χ3v) is 5.92. The van der Waals surface area contributed by atoms with Crippen LogP contribution in [0, 0.1) is 0 Å². The number of thiocarbonyl (C=S) groups is 1. The van der Waals surface area contributed by atoms with Gasteiger partial charge in [0.1, 0.15) is 9.20 Å². The largest absolute Gasteiger partial charge is 0.375 e. The predicted molar refractivity (Wildman–Crippen MR) is 113 cm³/mol. The zero-order chi connectivity index (χ0) is 18.4. The van der Waals surface area contributed by atoms with Crippen LogP contribution in [0.5, 0.6) is 0 Å². The highest BCUT2D eigenvalue weighted by atomic mass is 32.2. The molecule has 0 atom stereocenters. The fourth-order valence-corrected chi connectivity index (χ4v) is 4.43. The van der Waals surface area contributed by atoms with Gasteiger partial charge in [-0.2, -0.15) is 0 Å². The van der Waals surface area contributed by atoms with Crippen LogP contribution in [0.1, 0.15) is 23.5 Å². The third-order valence-electron chi connectivity index (χ3n) is 3.51. The second-order valence-electron chi connectivity index (χ2n) is 5.05. The highest BCUT2D eigenvalue weighted by Crippen LogP contribution is 2.29. The molecular formula is C15H20BN5OS3. The van der Waals surface area contributed by atoms with E-state index < -0.39 is 0 Å². The summed E-state index contributed by atoms with van der Waals surface area (Å²) in [6.07, 6.45) is 3.35. The van der Waals surface area contributed by atoms with Gasteiger partial charge in [0.05, 0.1) is 10.6 Å². The predicted octanol–water partition coefficient (Wildman–Crippen LogP) is 2.20. The zero-order valence-electron chi connectivity index (χ0n) is 14.4. The number of amides is 1. The normalized spacial score (nSPS) is 10.4. The Kier molecular flexibility index (Phi) is 7.21. The van der Waals surface area contributed by atoms with Crippen molar-refractivity contribution in [2.75, 3.05) is 24.1 Å². The fraction of sp³-hybridized carbons (Fsp3) is 0.333. The molecule has 1 amide bonds. The maximum atomic E-state index is 12.6. The third kappa shape index (κ3) is 4.93. The Morgan fingerprint density at radius 1 is 1.48 bits per heavy atom. The molecule has 132 valence electrons. The number of nitrogen functional groups attached to an aromatic ring is 1. The van der Waals surface area contributed by atoms with Crippen LogP contribution in [-0.2, 0) is 0 Å². The summed E-state index contributed by atoms with van der Waals surface area (Å²) >= 11 is 8.11. The van der Waals surface area contributed by atoms with Gasteiger partial charge in [0.2, 0.25) is 0 Å². The summed E-state index contributed by atoms with van der Waals surface area (Å²) in [5.41, 5.74) is 7.12. The van der Waals surface area contributed by atoms with Crippen LogP contribution in [0.4, 0.5) is 10.8 Å². The van der Waals surface area contributed by atoms with E-state index in [1.54, 1.807) is 18.5 Å². The molecule has 2 aromatic rings. The zero-order valence-corrected chi connectivity index (χ0v) is 16.9. The lowest BCUT2D eigenvalue weighted by molar-refractivity contribution is 0.103. The molecule has 2 rings (SSSR count). The Morgan fingerprint density at radius 3 is 2.84 bits per heavy atom. The lowest BCUT2D eigenvalue weighted by Gasteiger charge is -2.21. The van der Waals surface area contributed by atoms with E-state index in [2.05, 4.69) is 34.0 Å². The summed E-state index contributed by atoms with van der Waals surface area (Å²) in [5.74, 6) is -0.215. The van der Waals surface area contributed by atoms with E-state index in [0.29, 0.717) is 28.6 Å². The van der Waals surface area contributed by atoms with E-state index in [1.165, 1.54) is 23.1 Å². The van der Waals surface area contributed by atoms with Gasteiger partial charge in [-0.25, -0.2) is 4.98 Å². The Balaban J connectivity index is 2.20. The Morgan fingerprint density at radius 2 is 2.20 bits per heavy atom.